The van der Waals surface area contributed by atoms with Crippen LogP contribution in [0.25, 0.3) is 0 Å². The Morgan fingerprint density at radius 3 is 1.83 bits per heavy atom. The lowest BCUT2D eigenvalue weighted by molar-refractivity contribution is 0.406. The molecule has 0 bridgehead atoms. The minimum Gasteiger partial charge on any atom is -0.213 e. The van der Waals surface area contributed by atoms with E-state index in [9.17, 15) is 16.8 Å². The van der Waals surface area contributed by atoms with Crippen LogP contribution < -0.4 is 0 Å². The van der Waals surface area contributed by atoms with E-state index in [1.54, 1.807) is 12.1 Å². The summed E-state index contributed by atoms with van der Waals surface area (Å²) in [5.74, 6) is 0. The first-order valence-corrected chi connectivity index (χ1v) is 11.3. The summed E-state index contributed by atoms with van der Waals surface area (Å²) in [5, 5.41) is 0. The summed E-state index contributed by atoms with van der Waals surface area (Å²) >= 11 is 0. The fraction of sp³-hybridized carbons (Fsp3) is 0.625. The van der Waals surface area contributed by atoms with Gasteiger partial charge < -0.3 is 0 Å². The van der Waals surface area contributed by atoms with Gasteiger partial charge in [-0.3, -0.25) is 0 Å². The molecule has 1 aromatic rings. The molecule has 1 fully saturated rings. The molecule has 0 unspecified atom stereocenters. The second kappa shape index (κ2) is 6.74. The summed E-state index contributed by atoms with van der Waals surface area (Å²) in [4.78, 5) is 0.253. The molecule has 0 spiro atoms. The third-order valence-electron chi connectivity index (χ3n) is 4.24. The zero-order valence-electron chi connectivity index (χ0n) is 14.7. The minimum absolute atomic E-state index is 0.0408. The molecule has 1 aliphatic heterocycles. The van der Waals surface area contributed by atoms with Crippen LogP contribution in [-0.4, -0.2) is 57.9 Å². The summed E-state index contributed by atoms with van der Waals surface area (Å²) < 4.78 is 51.7. The van der Waals surface area contributed by atoms with Gasteiger partial charge in [-0.2, -0.15) is 4.31 Å². The maximum Gasteiger partial charge on any atom is 0.243 e. The van der Waals surface area contributed by atoms with E-state index in [0.29, 0.717) is 19.5 Å². The van der Waals surface area contributed by atoms with Gasteiger partial charge in [-0.05, 0) is 29.5 Å². The van der Waals surface area contributed by atoms with Crippen molar-refractivity contribution < 1.29 is 16.8 Å². The summed E-state index contributed by atoms with van der Waals surface area (Å²) in [6, 6.07) is 6.95. The maximum atomic E-state index is 12.8. The molecule has 0 saturated carbocycles. The van der Waals surface area contributed by atoms with Gasteiger partial charge in [0.1, 0.15) is 0 Å². The number of benzene rings is 1. The molecular formula is C16H26N2O4S2. The number of sulfonamides is 2. The van der Waals surface area contributed by atoms with Crippen molar-refractivity contribution in [3.63, 3.8) is 0 Å². The van der Waals surface area contributed by atoms with E-state index in [1.807, 2.05) is 12.1 Å². The first kappa shape index (κ1) is 19.4. The van der Waals surface area contributed by atoms with Gasteiger partial charge >= 0.3 is 0 Å². The van der Waals surface area contributed by atoms with Crippen LogP contribution >= 0.6 is 0 Å². The Morgan fingerprint density at radius 1 is 0.833 bits per heavy atom. The fourth-order valence-corrected chi connectivity index (χ4v) is 5.06. The van der Waals surface area contributed by atoms with Crippen molar-refractivity contribution in [2.24, 2.45) is 0 Å². The smallest absolute Gasteiger partial charge is 0.213 e. The van der Waals surface area contributed by atoms with Crippen LogP contribution in [-0.2, 0) is 25.5 Å². The molecule has 0 aliphatic carbocycles. The third-order valence-corrected chi connectivity index (χ3v) is 7.46. The fourth-order valence-electron chi connectivity index (χ4n) is 2.72. The van der Waals surface area contributed by atoms with Crippen molar-refractivity contribution in [1.82, 2.24) is 8.61 Å². The van der Waals surface area contributed by atoms with Crippen LogP contribution in [0.1, 0.15) is 32.8 Å². The van der Waals surface area contributed by atoms with E-state index in [-0.39, 0.29) is 23.4 Å². The quantitative estimate of drug-likeness (QED) is 0.806. The zero-order chi connectivity index (χ0) is 18.2. The predicted octanol–water partition coefficient (Wildman–Crippen LogP) is 1.64. The van der Waals surface area contributed by atoms with Gasteiger partial charge in [0.25, 0.3) is 0 Å². The van der Waals surface area contributed by atoms with Crippen LogP contribution in [0.3, 0.4) is 0 Å². The predicted molar refractivity (Wildman–Crippen MR) is 94.9 cm³/mol. The highest BCUT2D eigenvalue weighted by Gasteiger charge is 2.29. The second-order valence-corrected chi connectivity index (χ2v) is 11.1. The number of hydrogen-bond donors (Lipinski definition) is 0. The molecule has 1 saturated heterocycles. The van der Waals surface area contributed by atoms with E-state index in [0.717, 1.165) is 11.8 Å². The number of hydrogen-bond acceptors (Lipinski definition) is 4. The van der Waals surface area contributed by atoms with Crippen LogP contribution in [0.15, 0.2) is 29.2 Å². The van der Waals surface area contributed by atoms with Crippen molar-refractivity contribution in [1.29, 1.82) is 0 Å². The molecule has 0 aromatic heterocycles. The lowest BCUT2D eigenvalue weighted by Crippen LogP contribution is -2.36. The van der Waals surface area contributed by atoms with Crippen LogP contribution in [0.5, 0.6) is 0 Å². The van der Waals surface area contributed by atoms with Crippen LogP contribution in [0, 0.1) is 0 Å². The maximum absolute atomic E-state index is 12.8. The van der Waals surface area contributed by atoms with Crippen molar-refractivity contribution in [3.05, 3.63) is 29.8 Å². The molecule has 1 aliphatic rings. The highest BCUT2D eigenvalue weighted by atomic mass is 32.2. The Balaban J connectivity index is 2.21. The van der Waals surface area contributed by atoms with Crippen molar-refractivity contribution in [2.75, 3.05) is 32.4 Å². The number of rotatable bonds is 3. The topological polar surface area (TPSA) is 74.8 Å². The third kappa shape index (κ3) is 4.36. The molecule has 2 rings (SSSR count). The van der Waals surface area contributed by atoms with Crippen LogP contribution in [0.4, 0.5) is 0 Å². The summed E-state index contributed by atoms with van der Waals surface area (Å²) in [6.07, 6.45) is 1.65. The Morgan fingerprint density at radius 2 is 1.33 bits per heavy atom. The normalized spacial score (nSPS) is 19.2. The van der Waals surface area contributed by atoms with E-state index in [4.69, 9.17) is 0 Å². The zero-order valence-corrected chi connectivity index (χ0v) is 16.3. The van der Waals surface area contributed by atoms with E-state index >= 15 is 0 Å². The lowest BCUT2D eigenvalue weighted by atomic mass is 9.87. The molecule has 1 aromatic carbocycles. The highest BCUT2D eigenvalue weighted by molar-refractivity contribution is 7.89. The molecule has 6 nitrogen and oxygen atoms in total. The van der Waals surface area contributed by atoms with E-state index < -0.39 is 20.0 Å². The molecule has 24 heavy (non-hydrogen) atoms. The molecule has 8 heteroatoms. The molecule has 136 valence electrons. The van der Waals surface area contributed by atoms with E-state index in [1.165, 1.54) is 8.61 Å². The average molecular weight is 375 g/mol. The lowest BCUT2D eigenvalue weighted by Gasteiger charge is -2.22. The molecule has 0 amide bonds. The molecule has 0 radical (unpaired) electrons. The first-order valence-electron chi connectivity index (χ1n) is 7.98. The minimum atomic E-state index is -3.60. The molecule has 1 heterocycles. The average Bonchev–Trinajstić information content (AvgIpc) is 2.72. The summed E-state index contributed by atoms with van der Waals surface area (Å²) in [7, 11) is -6.90. The largest absolute Gasteiger partial charge is 0.243 e. The van der Waals surface area contributed by atoms with Gasteiger partial charge in [-0.25, -0.2) is 21.1 Å². The Bertz CT molecular complexity index is 778. The van der Waals surface area contributed by atoms with Crippen LogP contribution in [0.2, 0.25) is 0 Å². The summed E-state index contributed by atoms with van der Waals surface area (Å²) in [5.41, 5.74) is 1.03. The summed E-state index contributed by atoms with van der Waals surface area (Å²) in [6.45, 7) is 7.28. The molecular weight excluding hydrogens is 348 g/mol. The van der Waals surface area contributed by atoms with Gasteiger partial charge in [-0.1, -0.05) is 32.9 Å². The highest BCUT2D eigenvalue weighted by Crippen LogP contribution is 2.25. The van der Waals surface area contributed by atoms with E-state index in [2.05, 4.69) is 20.8 Å². The molecule has 0 atom stereocenters. The standard InChI is InChI=1S/C16H26N2O4S2/c1-16(2,3)14-6-8-15(9-7-14)24(21,22)18-11-5-10-17(12-13-18)23(4,19)20/h6-9H,5,10-13H2,1-4H3. The van der Waals surface area contributed by atoms with Gasteiger partial charge in [-0.15, -0.1) is 0 Å². The first-order chi connectivity index (χ1) is 10.9. The van der Waals surface area contributed by atoms with Crippen molar-refractivity contribution in [2.45, 2.75) is 37.5 Å². The van der Waals surface area contributed by atoms with Gasteiger partial charge in [0.15, 0.2) is 0 Å². The van der Waals surface area contributed by atoms with Gasteiger partial charge in [0.05, 0.1) is 11.2 Å². The van der Waals surface area contributed by atoms with Crippen molar-refractivity contribution in [3.8, 4) is 0 Å². The molecule has 0 N–H and O–H groups in total. The Hall–Kier alpha value is -0.960. The van der Waals surface area contributed by atoms with Gasteiger partial charge in [0.2, 0.25) is 20.0 Å². The Labute approximate surface area is 145 Å². The second-order valence-electron chi connectivity index (χ2n) is 7.19. The van der Waals surface area contributed by atoms with Gasteiger partial charge in [0, 0.05) is 26.2 Å². The number of nitrogens with zero attached hydrogens (tertiary/aromatic N) is 2. The SMILES string of the molecule is CC(C)(C)c1ccc(S(=O)(=O)N2CCCN(S(C)(=O)=O)CC2)cc1. The Kier molecular flexibility index (Phi) is 5.44. The van der Waals surface area contributed by atoms with Crippen molar-refractivity contribution >= 4 is 20.0 Å². The monoisotopic (exact) mass is 374 g/mol.